The zero-order valence-corrected chi connectivity index (χ0v) is 24.4. The number of rotatable bonds is 2. The first-order valence-corrected chi connectivity index (χ1v) is 15.0. The van der Waals surface area contributed by atoms with Crippen LogP contribution in [-0.4, -0.2) is 81.2 Å². The standard InChI is InChI=1S/C31H39ClN4O5/c1-22-21-41-27-7-3-2-6-24(27)28(37)33-13-5-4-10-31(30(39)34-22)11-14-36(15-12-31)29(38)23-8-9-25(32)26(20-23)35-16-18-40-19-17-35/h2-3,6-9,20,22H,4-5,10-19,21H2,1H3,(H,33,37)(H,34,39)/t22-/m1/s1. The Hall–Kier alpha value is -3.30. The summed E-state index contributed by atoms with van der Waals surface area (Å²) in [4.78, 5) is 44.0. The fourth-order valence-electron chi connectivity index (χ4n) is 5.90. The highest BCUT2D eigenvalue weighted by Crippen LogP contribution is 2.38. The Morgan fingerprint density at radius 1 is 1.00 bits per heavy atom. The fourth-order valence-corrected chi connectivity index (χ4v) is 6.14. The molecule has 3 aliphatic rings. The summed E-state index contributed by atoms with van der Waals surface area (Å²) in [6, 6.07) is 12.4. The van der Waals surface area contributed by atoms with Gasteiger partial charge in [0.15, 0.2) is 0 Å². The van der Waals surface area contributed by atoms with E-state index in [4.69, 9.17) is 21.1 Å². The lowest BCUT2D eigenvalue weighted by atomic mass is 9.73. The number of nitrogens with one attached hydrogen (secondary N) is 2. The second kappa shape index (κ2) is 13.1. The molecular weight excluding hydrogens is 544 g/mol. The van der Waals surface area contributed by atoms with Crippen LogP contribution >= 0.6 is 11.6 Å². The summed E-state index contributed by atoms with van der Waals surface area (Å²) in [7, 11) is 0. The van der Waals surface area contributed by atoms with Crippen molar-refractivity contribution in [3.05, 3.63) is 58.6 Å². The van der Waals surface area contributed by atoms with Crippen molar-refractivity contribution in [2.24, 2.45) is 5.41 Å². The van der Waals surface area contributed by atoms with Gasteiger partial charge in [0.05, 0.1) is 40.9 Å². The predicted octanol–water partition coefficient (Wildman–Crippen LogP) is 3.90. The van der Waals surface area contributed by atoms with E-state index in [1.807, 2.05) is 30.0 Å². The second-order valence-corrected chi connectivity index (χ2v) is 11.6. The lowest BCUT2D eigenvalue weighted by Gasteiger charge is -2.41. The summed E-state index contributed by atoms with van der Waals surface area (Å²) in [6.07, 6.45) is 3.42. The van der Waals surface area contributed by atoms with E-state index in [1.165, 1.54) is 0 Å². The minimum atomic E-state index is -0.573. The molecule has 1 atom stereocenters. The van der Waals surface area contributed by atoms with Crippen molar-refractivity contribution in [2.75, 3.05) is 57.4 Å². The minimum Gasteiger partial charge on any atom is -0.491 e. The lowest BCUT2D eigenvalue weighted by Crippen LogP contribution is -2.52. The molecule has 3 amide bonds. The highest BCUT2D eigenvalue weighted by Gasteiger charge is 2.42. The fraction of sp³-hybridized carbons (Fsp3) is 0.516. The van der Waals surface area contributed by atoms with E-state index in [2.05, 4.69) is 15.5 Å². The molecule has 0 unspecified atom stereocenters. The van der Waals surface area contributed by atoms with Gasteiger partial charge in [0.25, 0.3) is 11.8 Å². The minimum absolute atomic E-state index is 0.0103. The third-order valence-electron chi connectivity index (χ3n) is 8.40. The second-order valence-electron chi connectivity index (χ2n) is 11.2. The quantitative estimate of drug-likeness (QED) is 0.557. The molecule has 0 saturated carbocycles. The maximum atomic E-state index is 13.7. The molecule has 2 fully saturated rings. The van der Waals surface area contributed by atoms with Gasteiger partial charge in [-0.05, 0) is 62.9 Å². The number of carbonyl (C=O) groups is 3. The number of para-hydroxylation sites is 1. The van der Waals surface area contributed by atoms with Gasteiger partial charge < -0.3 is 29.9 Å². The van der Waals surface area contributed by atoms with Crippen LogP contribution in [0.2, 0.25) is 5.02 Å². The third-order valence-corrected chi connectivity index (χ3v) is 8.72. The van der Waals surface area contributed by atoms with Crippen LogP contribution in [0.4, 0.5) is 5.69 Å². The Bertz CT molecular complexity index is 1260. The van der Waals surface area contributed by atoms with Crippen molar-refractivity contribution in [2.45, 2.75) is 45.1 Å². The first kappa shape index (κ1) is 29.2. The predicted molar refractivity (Wildman–Crippen MR) is 158 cm³/mol. The SMILES string of the molecule is C[C@@H]1COc2ccccc2C(=O)NCCCCC2(CCN(C(=O)c3ccc(Cl)c(N4CCOCC4)c3)CC2)C(=O)N1. The Kier molecular flexibility index (Phi) is 9.35. The maximum absolute atomic E-state index is 13.7. The van der Waals surface area contributed by atoms with Crippen LogP contribution in [0.15, 0.2) is 42.5 Å². The number of halogens is 1. The molecule has 0 radical (unpaired) electrons. The van der Waals surface area contributed by atoms with Gasteiger partial charge >= 0.3 is 0 Å². The van der Waals surface area contributed by atoms with Crippen molar-refractivity contribution in [1.82, 2.24) is 15.5 Å². The Morgan fingerprint density at radius 3 is 2.54 bits per heavy atom. The number of morpholine rings is 1. The van der Waals surface area contributed by atoms with Crippen LogP contribution in [-0.2, 0) is 9.53 Å². The van der Waals surface area contributed by atoms with Gasteiger partial charge in [-0.15, -0.1) is 0 Å². The molecule has 0 bridgehead atoms. The molecule has 0 aliphatic carbocycles. The number of fused-ring (bicyclic) bond motifs is 1. The molecule has 41 heavy (non-hydrogen) atoms. The Labute approximate surface area is 246 Å². The van der Waals surface area contributed by atoms with E-state index in [1.54, 1.807) is 24.3 Å². The van der Waals surface area contributed by atoms with Crippen molar-refractivity contribution < 1.29 is 23.9 Å². The smallest absolute Gasteiger partial charge is 0.255 e. The Balaban J connectivity index is 1.26. The largest absolute Gasteiger partial charge is 0.491 e. The topological polar surface area (TPSA) is 100 Å². The number of carbonyl (C=O) groups excluding carboxylic acids is 3. The number of anilines is 1. The number of piperidine rings is 1. The monoisotopic (exact) mass is 582 g/mol. The first-order valence-electron chi connectivity index (χ1n) is 14.6. The number of likely N-dealkylation sites (tertiary alicyclic amines) is 1. The highest BCUT2D eigenvalue weighted by atomic mass is 35.5. The average Bonchev–Trinajstić information content (AvgIpc) is 3.00. The van der Waals surface area contributed by atoms with Crippen LogP contribution in [0.25, 0.3) is 0 Å². The maximum Gasteiger partial charge on any atom is 0.255 e. The van der Waals surface area contributed by atoms with Gasteiger partial charge in [-0.3, -0.25) is 14.4 Å². The summed E-state index contributed by atoms with van der Waals surface area (Å²) in [5.41, 5.74) is 1.37. The van der Waals surface area contributed by atoms with Crippen LogP contribution in [0.1, 0.15) is 59.7 Å². The summed E-state index contributed by atoms with van der Waals surface area (Å²) < 4.78 is 11.4. The summed E-state index contributed by atoms with van der Waals surface area (Å²) in [5.74, 6) is 0.310. The van der Waals surface area contributed by atoms with Gasteiger partial charge in [0.1, 0.15) is 12.4 Å². The molecule has 220 valence electrons. The molecule has 2 saturated heterocycles. The van der Waals surface area contributed by atoms with E-state index in [0.29, 0.717) is 74.0 Å². The molecule has 5 rings (SSSR count). The number of ether oxygens (including phenoxy) is 2. The molecule has 3 aliphatic heterocycles. The van der Waals surface area contributed by atoms with Crippen LogP contribution < -0.4 is 20.3 Å². The van der Waals surface area contributed by atoms with E-state index in [-0.39, 0.29) is 30.4 Å². The highest BCUT2D eigenvalue weighted by molar-refractivity contribution is 6.33. The first-order chi connectivity index (χ1) is 19.9. The van der Waals surface area contributed by atoms with Crippen LogP contribution in [0.3, 0.4) is 0 Å². The van der Waals surface area contributed by atoms with Crippen molar-refractivity contribution in [3.63, 3.8) is 0 Å². The molecular formula is C31H39ClN4O5. The van der Waals surface area contributed by atoms with Gasteiger partial charge in [0.2, 0.25) is 5.91 Å². The average molecular weight is 583 g/mol. The Morgan fingerprint density at radius 2 is 1.76 bits per heavy atom. The van der Waals surface area contributed by atoms with Crippen LogP contribution in [0, 0.1) is 5.41 Å². The van der Waals surface area contributed by atoms with Crippen LogP contribution in [0.5, 0.6) is 5.75 Å². The molecule has 2 N–H and O–H groups in total. The molecule has 1 spiro atoms. The molecule has 3 heterocycles. The van der Waals surface area contributed by atoms with Crippen molar-refractivity contribution >= 4 is 35.0 Å². The molecule has 0 aromatic heterocycles. The number of amides is 3. The van der Waals surface area contributed by atoms with Gasteiger partial charge in [0, 0.05) is 38.3 Å². The van der Waals surface area contributed by atoms with Crippen molar-refractivity contribution in [1.29, 1.82) is 0 Å². The van der Waals surface area contributed by atoms with E-state index in [0.717, 1.165) is 31.6 Å². The number of hydrogen-bond acceptors (Lipinski definition) is 6. The normalized spacial score (nSPS) is 22.1. The van der Waals surface area contributed by atoms with Gasteiger partial charge in [-0.25, -0.2) is 0 Å². The van der Waals surface area contributed by atoms with Crippen molar-refractivity contribution in [3.8, 4) is 5.75 Å². The zero-order valence-electron chi connectivity index (χ0n) is 23.6. The van der Waals surface area contributed by atoms with Gasteiger partial charge in [-0.2, -0.15) is 0 Å². The summed E-state index contributed by atoms with van der Waals surface area (Å²) in [5, 5.41) is 6.77. The summed E-state index contributed by atoms with van der Waals surface area (Å²) >= 11 is 6.49. The number of nitrogens with zero attached hydrogens (tertiary/aromatic N) is 2. The van der Waals surface area contributed by atoms with E-state index < -0.39 is 5.41 Å². The molecule has 9 nitrogen and oxygen atoms in total. The lowest BCUT2D eigenvalue weighted by molar-refractivity contribution is -0.135. The number of benzene rings is 2. The van der Waals surface area contributed by atoms with E-state index in [9.17, 15) is 14.4 Å². The summed E-state index contributed by atoms with van der Waals surface area (Å²) in [6.45, 7) is 6.41. The van der Waals surface area contributed by atoms with E-state index >= 15 is 0 Å². The molecule has 2 aromatic rings. The van der Waals surface area contributed by atoms with Gasteiger partial charge in [-0.1, -0.05) is 30.2 Å². The zero-order chi connectivity index (χ0) is 28.8. The third kappa shape index (κ3) is 6.79. The molecule has 10 heteroatoms. The molecule has 2 aromatic carbocycles. The number of hydrogen-bond donors (Lipinski definition) is 2.